The van der Waals surface area contributed by atoms with Crippen molar-refractivity contribution in [3.8, 4) is 0 Å². The van der Waals surface area contributed by atoms with Crippen LogP contribution in [0.25, 0.3) is 0 Å². The van der Waals surface area contributed by atoms with Crippen molar-refractivity contribution in [2.75, 3.05) is 5.73 Å². The quantitative estimate of drug-likeness (QED) is 0.671. The third-order valence-electron chi connectivity index (χ3n) is 2.49. The van der Waals surface area contributed by atoms with Gasteiger partial charge in [0, 0.05) is 12.8 Å². The molecular formula is C11H13FN4S. The number of nitrogen functional groups attached to an aromatic ring is 1. The second-order valence-electron chi connectivity index (χ2n) is 3.73. The Kier molecular flexibility index (Phi) is 3.33. The number of rotatable bonds is 3. The van der Waals surface area contributed by atoms with Gasteiger partial charge in [-0.3, -0.25) is 0 Å². The number of nitrogens with two attached hydrogens (primary N) is 1. The molecule has 2 rings (SSSR count). The number of aromatic nitrogens is 3. The molecule has 0 aliphatic heterocycles. The molecule has 0 saturated heterocycles. The van der Waals surface area contributed by atoms with Crippen LogP contribution in [0.4, 0.5) is 10.1 Å². The van der Waals surface area contributed by atoms with Gasteiger partial charge in [-0.25, -0.2) is 4.39 Å². The lowest BCUT2D eigenvalue weighted by molar-refractivity contribution is 0.631. The molecule has 0 aliphatic carbocycles. The summed E-state index contributed by atoms with van der Waals surface area (Å²) in [6.07, 6.45) is 0. The topological polar surface area (TPSA) is 56.7 Å². The second-order valence-corrected chi connectivity index (χ2v) is 4.68. The standard InChI is InChI=1S/C11H13FN4S/c1-7-14-15-11(16(7)2)17-6-8-3-4-10(13)9(12)5-8/h3-5H,6,13H2,1-2H3. The van der Waals surface area contributed by atoms with Crippen LogP contribution in [0, 0.1) is 12.7 Å². The highest BCUT2D eigenvalue weighted by atomic mass is 32.2. The van der Waals surface area contributed by atoms with E-state index in [1.54, 1.807) is 6.07 Å². The highest BCUT2D eigenvalue weighted by Crippen LogP contribution is 2.22. The van der Waals surface area contributed by atoms with Crippen LogP contribution in [0.3, 0.4) is 0 Å². The van der Waals surface area contributed by atoms with E-state index in [2.05, 4.69) is 10.2 Å². The third kappa shape index (κ3) is 2.58. The third-order valence-corrected chi connectivity index (χ3v) is 3.58. The summed E-state index contributed by atoms with van der Waals surface area (Å²) in [4.78, 5) is 0. The Morgan fingerprint density at radius 3 is 2.76 bits per heavy atom. The van der Waals surface area contributed by atoms with E-state index in [-0.39, 0.29) is 11.5 Å². The summed E-state index contributed by atoms with van der Waals surface area (Å²) in [5.74, 6) is 1.12. The van der Waals surface area contributed by atoms with Gasteiger partial charge in [-0.1, -0.05) is 17.8 Å². The van der Waals surface area contributed by atoms with Crippen LogP contribution in [-0.4, -0.2) is 14.8 Å². The van der Waals surface area contributed by atoms with Gasteiger partial charge in [0.2, 0.25) is 0 Å². The van der Waals surface area contributed by atoms with Gasteiger partial charge in [-0.05, 0) is 24.6 Å². The minimum atomic E-state index is -0.378. The summed E-state index contributed by atoms with van der Waals surface area (Å²) < 4.78 is 15.1. The van der Waals surface area contributed by atoms with Gasteiger partial charge < -0.3 is 10.3 Å². The largest absolute Gasteiger partial charge is 0.396 e. The first kappa shape index (κ1) is 11.9. The van der Waals surface area contributed by atoms with E-state index in [1.165, 1.54) is 17.8 Å². The molecule has 0 spiro atoms. The molecule has 1 heterocycles. The van der Waals surface area contributed by atoms with Crippen molar-refractivity contribution >= 4 is 17.4 Å². The van der Waals surface area contributed by atoms with Crippen LogP contribution in [0.5, 0.6) is 0 Å². The van der Waals surface area contributed by atoms with Crippen LogP contribution < -0.4 is 5.73 Å². The average molecular weight is 252 g/mol. The minimum absolute atomic E-state index is 0.174. The molecule has 4 nitrogen and oxygen atoms in total. The molecule has 0 bridgehead atoms. The zero-order chi connectivity index (χ0) is 12.4. The number of hydrogen-bond donors (Lipinski definition) is 1. The molecule has 2 N–H and O–H groups in total. The van der Waals surface area contributed by atoms with Gasteiger partial charge in [-0.2, -0.15) is 0 Å². The summed E-state index contributed by atoms with van der Waals surface area (Å²) in [7, 11) is 1.90. The van der Waals surface area contributed by atoms with Gasteiger partial charge in [0.25, 0.3) is 0 Å². The van der Waals surface area contributed by atoms with Crippen molar-refractivity contribution in [2.45, 2.75) is 17.8 Å². The molecule has 0 radical (unpaired) electrons. The zero-order valence-corrected chi connectivity index (χ0v) is 10.5. The molecule has 6 heteroatoms. The van der Waals surface area contributed by atoms with E-state index in [1.807, 2.05) is 24.6 Å². The molecule has 90 valence electrons. The maximum Gasteiger partial charge on any atom is 0.191 e. The number of aryl methyl sites for hydroxylation is 1. The maximum atomic E-state index is 13.2. The number of benzene rings is 1. The Hall–Kier alpha value is -1.56. The van der Waals surface area contributed by atoms with Gasteiger partial charge in [0.1, 0.15) is 11.6 Å². The van der Waals surface area contributed by atoms with Crippen molar-refractivity contribution in [1.82, 2.24) is 14.8 Å². The molecule has 0 aliphatic rings. The molecule has 1 aromatic heterocycles. The molecule has 0 amide bonds. The predicted molar refractivity (Wildman–Crippen MR) is 66.1 cm³/mol. The van der Waals surface area contributed by atoms with Crippen molar-refractivity contribution in [1.29, 1.82) is 0 Å². The number of hydrogen-bond acceptors (Lipinski definition) is 4. The van der Waals surface area contributed by atoms with E-state index < -0.39 is 0 Å². The SMILES string of the molecule is Cc1nnc(SCc2ccc(N)c(F)c2)n1C. The Labute approximate surface area is 103 Å². The Morgan fingerprint density at radius 2 is 2.18 bits per heavy atom. The Balaban J connectivity index is 2.07. The van der Waals surface area contributed by atoms with Crippen molar-refractivity contribution in [3.05, 3.63) is 35.4 Å². The first-order valence-electron chi connectivity index (χ1n) is 5.10. The maximum absolute atomic E-state index is 13.2. The first-order chi connectivity index (χ1) is 8.08. The van der Waals surface area contributed by atoms with Gasteiger partial charge >= 0.3 is 0 Å². The van der Waals surface area contributed by atoms with Crippen LogP contribution >= 0.6 is 11.8 Å². The zero-order valence-electron chi connectivity index (χ0n) is 9.64. The van der Waals surface area contributed by atoms with Crippen molar-refractivity contribution in [3.63, 3.8) is 0 Å². The van der Waals surface area contributed by atoms with Crippen molar-refractivity contribution in [2.24, 2.45) is 7.05 Å². The Bertz CT molecular complexity index is 538. The summed E-state index contributed by atoms with van der Waals surface area (Å²) in [5, 5.41) is 8.81. The molecule has 17 heavy (non-hydrogen) atoms. The highest BCUT2D eigenvalue weighted by molar-refractivity contribution is 7.98. The fourth-order valence-electron chi connectivity index (χ4n) is 1.32. The van der Waals surface area contributed by atoms with Crippen LogP contribution in [0.1, 0.15) is 11.4 Å². The lowest BCUT2D eigenvalue weighted by atomic mass is 10.2. The first-order valence-corrected chi connectivity index (χ1v) is 6.09. The van der Waals surface area contributed by atoms with E-state index in [4.69, 9.17) is 5.73 Å². The Morgan fingerprint density at radius 1 is 1.41 bits per heavy atom. The lowest BCUT2D eigenvalue weighted by Gasteiger charge is -2.03. The monoisotopic (exact) mass is 252 g/mol. The summed E-state index contributed by atoms with van der Waals surface area (Å²) in [6.45, 7) is 1.89. The number of halogens is 1. The van der Waals surface area contributed by atoms with Gasteiger partial charge in [0.05, 0.1) is 5.69 Å². The predicted octanol–water partition coefficient (Wildman–Crippen LogP) is 2.14. The molecule has 0 unspecified atom stereocenters. The smallest absolute Gasteiger partial charge is 0.191 e. The molecule has 2 aromatic rings. The van der Waals surface area contributed by atoms with Gasteiger partial charge in [0.15, 0.2) is 5.16 Å². The van der Waals surface area contributed by atoms with E-state index >= 15 is 0 Å². The normalized spacial score (nSPS) is 10.8. The second kappa shape index (κ2) is 4.75. The summed E-state index contributed by atoms with van der Waals surface area (Å²) in [6, 6.07) is 4.84. The van der Waals surface area contributed by atoms with E-state index in [0.29, 0.717) is 5.75 Å². The van der Waals surface area contributed by atoms with E-state index in [9.17, 15) is 4.39 Å². The molecule has 0 fully saturated rings. The molecular weight excluding hydrogens is 239 g/mol. The lowest BCUT2D eigenvalue weighted by Crippen LogP contribution is -1.95. The fraction of sp³-hybridized carbons (Fsp3) is 0.273. The van der Waals surface area contributed by atoms with Gasteiger partial charge in [-0.15, -0.1) is 10.2 Å². The minimum Gasteiger partial charge on any atom is -0.396 e. The molecule has 1 aromatic carbocycles. The van der Waals surface area contributed by atoms with Crippen LogP contribution in [0.15, 0.2) is 23.4 Å². The van der Waals surface area contributed by atoms with Crippen LogP contribution in [-0.2, 0) is 12.8 Å². The number of anilines is 1. The summed E-state index contributed by atoms with van der Waals surface area (Å²) >= 11 is 1.52. The van der Waals surface area contributed by atoms with E-state index in [0.717, 1.165) is 16.5 Å². The number of nitrogens with zero attached hydrogens (tertiary/aromatic N) is 3. The summed E-state index contributed by atoms with van der Waals surface area (Å²) in [5.41, 5.74) is 6.47. The number of thioether (sulfide) groups is 1. The van der Waals surface area contributed by atoms with Crippen LogP contribution in [0.2, 0.25) is 0 Å². The highest BCUT2D eigenvalue weighted by Gasteiger charge is 2.06. The van der Waals surface area contributed by atoms with Crippen molar-refractivity contribution < 1.29 is 4.39 Å². The average Bonchev–Trinajstić information content (AvgIpc) is 2.62. The molecule has 0 atom stereocenters. The molecule has 0 saturated carbocycles. The fourth-order valence-corrected chi connectivity index (χ4v) is 2.22.